The van der Waals surface area contributed by atoms with Crippen LogP contribution in [0.5, 0.6) is 0 Å². The van der Waals surface area contributed by atoms with E-state index in [0.29, 0.717) is 6.54 Å². The van der Waals surface area contributed by atoms with Gasteiger partial charge in [-0.15, -0.1) is 0 Å². The Hall–Kier alpha value is -2.62. The van der Waals surface area contributed by atoms with Gasteiger partial charge in [0, 0.05) is 16.0 Å². The van der Waals surface area contributed by atoms with E-state index in [1.54, 1.807) is 12.7 Å². The third kappa shape index (κ3) is 4.21. The molecule has 0 spiro atoms. The van der Waals surface area contributed by atoms with Crippen molar-refractivity contribution in [1.82, 2.24) is 14.8 Å². The maximum absolute atomic E-state index is 6.07. The lowest BCUT2D eigenvalue weighted by Gasteiger charge is -2.18. The van der Waals surface area contributed by atoms with Crippen LogP contribution in [0.1, 0.15) is 17.0 Å². The van der Waals surface area contributed by atoms with E-state index in [1.807, 2.05) is 41.1 Å². The molecule has 1 aromatic heterocycles. The molecule has 3 aromatic carbocycles. The molecule has 0 saturated heterocycles. The molecular formula is C22H17Cl2N3. The summed E-state index contributed by atoms with van der Waals surface area (Å²) in [6.45, 7) is 0.710. The second kappa shape index (κ2) is 7.95. The Kier molecular flexibility index (Phi) is 5.23. The molecule has 4 rings (SSSR count). The standard InChI is InChI=1S/C22H17Cl2N3/c23-20-9-5-17(6-10-20)16-1-3-18(4-2-16)22(13-27-15-25-14-26-27)19-7-11-21(24)12-8-19/h1-12,14-15,22H,13H2. The molecule has 0 aliphatic carbocycles. The second-order valence-electron chi connectivity index (χ2n) is 6.35. The molecule has 0 aliphatic rings. The van der Waals surface area contributed by atoms with E-state index in [0.717, 1.165) is 21.2 Å². The van der Waals surface area contributed by atoms with Crippen molar-refractivity contribution in [2.75, 3.05) is 0 Å². The van der Waals surface area contributed by atoms with Crippen LogP contribution in [-0.2, 0) is 6.54 Å². The third-order valence-corrected chi connectivity index (χ3v) is 5.10. The van der Waals surface area contributed by atoms with Crippen molar-refractivity contribution in [3.8, 4) is 11.1 Å². The monoisotopic (exact) mass is 393 g/mol. The van der Waals surface area contributed by atoms with Crippen LogP contribution in [-0.4, -0.2) is 14.8 Å². The average molecular weight is 394 g/mol. The van der Waals surface area contributed by atoms with Crippen LogP contribution in [0.4, 0.5) is 0 Å². The molecule has 27 heavy (non-hydrogen) atoms. The molecule has 1 atom stereocenters. The molecule has 1 heterocycles. The molecule has 0 radical (unpaired) electrons. The fourth-order valence-electron chi connectivity index (χ4n) is 3.16. The zero-order valence-corrected chi connectivity index (χ0v) is 16.0. The van der Waals surface area contributed by atoms with Gasteiger partial charge in [-0.3, -0.25) is 4.68 Å². The highest BCUT2D eigenvalue weighted by Gasteiger charge is 2.16. The van der Waals surface area contributed by atoms with E-state index in [-0.39, 0.29) is 5.92 Å². The van der Waals surface area contributed by atoms with Crippen LogP contribution in [0.25, 0.3) is 11.1 Å². The van der Waals surface area contributed by atoms with Crippen molar-refractivity contribution >= 4 is 23.2 Å². The van der Waals surface area contributed by atoms with E-state index in [1.165, 1.54) is 11.1 Å². The number of aromatic nitrogens is 3. The van der Waals surface area contributed by atoms with Gasteiger partial charge in [-0.2, -0.15) is 5.10 Å². The maximum atomic E-state index is 6.07. The molecule has 4 aromatic rings. The minimum Gasteiger partial charge on any atom is -0.252 e. The van der Waals surface area contributed by atoms with Gasteiger partial charge < -0.3 is 0 Å². The van der Waals surface area contributed by atoms with Gasteiger partial charge in [0.25, 0.3) is 0 Å². The second-order valence-corrected chi connectivity index (χ2v) is 7.22. The Morgan fingerprint density at radius 3 is 1.70 bits per heavy atom. The van der Waals surface area contributed by atoms with E-state index in [9.17, 15) is 0 Å². The van der Waals surface area contributed by atoms with Gasteiger partial charge >= 0.3 is 0 Å². The molecule has 0 aliphatic heterocycles. The van der Waals surface area contributed by atoms with Gasteiger partial charge in [-0.25, -0.2) is 4.98 Å². The summed E-state index contributed by atoms with van der Waals surface area (Å²) in [6.07, 6.45) is 3.30. The Morgan fingerprint density at radius 1 is 0.704 bits per heavy atom. The Balaban J connectivity index is 1.66. The lowest BCUT2D eigenvalue weighted by atomic mass is 9.90. The highest BCUT2D eigenvalue weighted by Crippen LogP contribution is 2.30. The van der Waals surface area contributed by atoms with E-state index >= 15 is 0 Å². The van der Waals surface area contributed by atoms with Gasteiger partial charge in [-0.1, -0.05) is 71.7 Å². The minimum absolute atomic E-state index is 0.156. The van der Waals surface area contributed by atoms with Crippen LogP contribution in [0, 0.1) is 0 Å². The van der Waals surface area contributed by atoms with Crippen LogP contribution in [0.15, 0.2) is 85.5 Å². The van der Waals surface area contributed by atoms with E-state index < -0.39 is 0 Å². The molecule has 0 N–H and O–H groups in total. The normalized spacial score (nSPS) is 12.1. The summed E-state index contributed by atoms with van der Waals surface area (Å²) < 4.78 is 1.85. The quantitative estimate of drug-likeness (QED) is 0.411. The van der Waals surface area contributed by atoms with Crippen LogP contribution in [0.3, 0.4) is 0 Å². The molecule has 5 heteroatoms. The van der Waals surface area contributed by atoms with Crippen molar-refractivity contribution in [2.45, 2.75) is 12.5 Å². The molecule has 134 valence electrons. The number of hydrogen-bond acceptors (Lipinski definition) is 2. The predicted octanol–water partition coefficient (Wildman–Crippen LogP) is 6.08. The molecule has 0 saturated carbocycles. The van der Waals surface area contributed by atoms with E-state index in [2.05, 4.69) is 46.5 Å². The zero-order valence-electron chi connectivity index (χ0n) is 14.5. The summed E-state index contributed by atoms with van der Waals surface area (Å²) in [5.41, 5.74) is 4.70. The van der Waals surface area contributed by atoms with Gasteiger partial charge in [0.05, 0.1) is 6.54 Å². The summed E-state index contributed by atoms with van der Waals surface area (Å²) >= 11 is 12.1. The first-order chi connectivity index (χ1) is 13.2. The van der Waals surface area contributed by atoms with Gasteiger partial charge in [0.15, 0.2) is 0 Å². The number of benzene rings is 3. The lowest BCUT2D eigenvalue weighted by Crippen LogP contribution is -2.11. The Bertz CT molecular complexity index is 993. The fourth-order valence-corrected chi connectivity index (χ4v) is 3.41. The van der Waals surface area contributed by atoms with Crippen molar-refractivity contribution in [3.05, 3.63) is 107 Å². The summed E-state index contributed by atoms with van der Waals surface area (Å²) in [5, 5.41) is 5.74. The van der Waals surface area contributed by atoms with Gasteiger partial charge in [0.2, 0.25) is 0 Å². The SMILES string of the molecule is Clc1ccc(-c2ccc(C(Cn3cncn3)c3ccc(Cl)cc3)cc2)cc1. The smallest absolute Gasteiger partial charge is 0.137 e. The van der Waals surface area contributed by atoms with Gasteiger partial charge in [0.1, 0.15) is 12.7 Å². The topological polar surface area (TPSA) is 30.7 Å². The molecular weight excluding hydrogens is 377 g/mol. The van der Waals surface area contributed by atoms with Gasteiger partial charge in [-0.05, 0) is 46.5 Å². The summed E-state index contributed by atoms with van der Waals surface area (Å²) in [5.74, 6) is 0.156. The Labute approximate surface area is 168 Å². The van der Waals surface area contributed by atoms with E-state index in [4.69, 9.17) is 23.2 Å². The largest absolute Gasteiger partial charge is 0.252 e. The number of hydrogen-bond donors (Lipinski definition) is 0. The Morgan fingerprint density at radius 2 is 1.19 bits per heavy atom. The van der Waals surface area contributed by atoms with Crippen LogP contribution < -0.4 is 0 Å². The minimum atomic E-state index is 0.156. The molecule has 3 nitrogen and oxygen atoms in total. The highest BCUT2D eigenvalue weighted by atomic mass is 35.5. The summed E-state index contributed by atoms with van der Waals surface area (Å²) in [4.78, 5) is 4.06. The van der Waals surface area contributed by atoms with Crippen LogP contribution in [0.2, 0.25) is 10.0 Å². The van der Waals surface area contributed by atoms with Crippen LogP contribution >= 0.6 is 23.2 Å². The highest BCUT2D eigenvalue weighted by molar-refractivity contribution is 6.30. The maximum Gasteiger partial charge on any atom is 0.137 e. The lowest BCUT2D eigenvalue weighted by molar-refractivity contribution is 0.562. The summed E-state index contributed by atoms with van der Waals surface area (Å²) in [7, 11) is 0. The fraction of sp³-hybridized carbons (Fsp3) is 0.0909. The average Bonchev–Trinajstić information content (AvgIpc) is 3.21. The number of halogens is 2. The van der Waals surface area contributed by atoms with Crippen molar-refractivity contribution in [1.29, 1.82) is 0 Å². The first-order valence-corrected chi connectivity index (χ1v) is 9.38. The molecule has 1 unspecified atom stereocenters. The number of rotatable bonds is 5. The summed E-state index contributed by atoms with van der Waals surface area (Å²) in [6, 6.07) is 24.5. The van der Waals surface area contributed by atoms with Crippen molar-refractivity contribution in [2.24, 2.45) is 0 Å². The van der Waals surface area contributed by atoms with Crippen molar-refractivity contribution < 1.29 is 0 Å². The molecule has 0 fully saturated rings. The first-order valence-electron chi connectivity index (χ1n) is 8.63. The predicted molar refractivity (Wildman–Crippen MR) is 110 cm³/mol. The zero-order chi connectivity index (χ0) is 18.6. The first kappa shape index (κ1) is 17.8. The number of nitrogens with zero attached hydrogens (tertiary/aromatic N) is 3. The molecule has 0 amide bonds. The molecule has 0 bridgehead atoms. The third-order valence-electron chi connectivity index (χ3n) is 4.60. The van der Waals surface area contributed by atoms with Crippen molar-refractivity contribution in [3.63, 3.8) is 0 Å².